The highest BCUT2D eigenvalue weighted by Crippen LogP contribution is 2.33. The van der Waals surface area contributed by atoms with Crippen LogP contribution in [-0.2, 0) is 32.4 Å². The van der Waals surface area contributed by atoms with Crippen LogP contribution in [0.3, 0.4) is 0 Å². The van der Waals surface area contributed by atoms with Crippen molar-refractivity contribution in [2.75, 3.05) is 0 Å². The zero-order valence-electron chi connectivity index (χ0n) is 24.9. The number of halogens is 5. The Bertz CT molecular complexity index is 1670. The quantitative estimate of drug-likeness (QED) is 0.123. The molecule has 0 atom stereocenters. The molecule has 0 radical (unpaired) electrons. The highest BCUT2D eigenvalue weighted by Gasteiger charge is 2.30. The third-order valence-corrected chi connectivity index (χ3v) is 7.45. The Labute approximate surface area is 259 Å². The first-order valence-electron chi connectivity index (χ1n) is 14.8. The molecular formula is C36H34F5N3O. The summed E-state index contributed by atoms with van der Waals surface area (Å²) in [4.78, 5) is 7.16. The fourth-order valence-corrected chi connectivity index (χ4v) is 5.40. The average Bonchev–Trinajstić information content (AvgIpc) is 3.38. The first-order chi connectivity index (χ1) is 21.7. The smallest absolute Gasteiger partial charge is 0.416 e. The lowest BCUT2D eigenvalue weighted by molar-refractivity contribution is -0.137. The van der Waals surface area contributed by atoms with Gasteiger partial charge in [-0.1, -0.05) is 104 Å². The van der Waals surface area contributed by atoms with Gasteiger partial charge in [0.2, 0.25) is 0 Å². The molecule has 5 rings (SSSR count). The molecule has 4 aromatic carbocycles. The zero-order valence-corrected chi connectivity index (χ0v) is 24.9. The van der Waals surface area contributed by atoms with Gasteiger partial charge in [-0.25, -0.2) is 4.98 Å². The molecule has 0 aliphatic rings. The Morgan fingerprint density at radius 2 is 1.38 bits per heavy atom. The van der Waals surface area contributed by atoms with Gasteiger partial charge in [0.05, 0.1) is 17.0 Å². The first kappa shape index (κ1) is 31.9. The average molecular weight is 620 g/mol. The second-order valence-electron chi connectivity index (χ2n) is 10.8. The normalized spacial score (nSPS) is 11.8. The summed E-state index contributed by atoms with van der Waals surface area (Å²) in [6.45, 7) is 0.627. The molecule has 0 bridgehead atoms. The number of benzene rings is 4. The predicted molar refractivity (Wildman–Crippen MR) is 165 cm³/mol. The van der Waals surface area contributed by atoms with Crippen molar-refractivity contribution in [1.82, 2.24) is 14.5 Å². The molecule has 45 heavy (non-hydrogen) atoms. The number of hydrogen-bond donors (Lipinski definition) is 0. The summed E-state index contributed by atoms with van der Waals surface area (Å²) in [5.74, 6) is 0.829. The molecule has 1 aromatic heterocycles. The number of nitrogens with zero attached hydrogens (tertiary/aromatic N) is 3. The molecule has 0 saturated carbocycles. The Kier molecular flexibility index (Phi) is 10.3. The van der Waals surface area contributed by atoms with Crippen LogP contribution in [0, 0.1) is 0 Å². The van der Waals surface area contributed by atoms with Crippen molar-refractivity contribution in [3.8, 4) is 28.4 Å². The van der Waals surface area contributed by atoms with Gasteiger partial charge in [-0.3, -0.25) is 4.90 Å². The molecule has 0 N–H and O–H groups in total. The monoisotopic (exact) mass is 619 g/mol. The minimum atomic E-state index is -4.48. The fraction of sp³-hybridized carbons (Fsp3) is 0.250. The van der Waals surface area contributed by atoms with Gasteiger partial charge in [0.25, 0.3) is 0 Å². The Hall–Kier alpha value is -4.50. The maximum atomic E-state index is 13.6. The lowest BCUT2D eigenvalue weighted by Gasteiger charge is -2.25. The van der Waals surface area contributed by atoms with E-state index in [1.807, 2.05) is 65.6 Å². The number of imidazole rings is 1. The van der Waals surface area contributed by atoms with Crippen LogP contribution in [0.4, 0.5) is 22.0 Å². The third-order valence-electron chi connectivity index (χ3n) is 7.45. The minimum Gasteiger partial charge on any atom is -0.435 e. The van der Waals surface area contributed by atoms with E-state index in [0.29, 0.717) is 24.2 Å². The fourth-order valence-electron chi connectivity index (χ4n) is 5.40. The van der Waals surface area contributed by atoms with Gasteiger partial charge in [0.1, 0.15) is 11.6 Å². The molecule has 0 fully saturated rings. The van der Waals surface area contributed by atoms with E-state index in [9.17, 15) is 22.0 Å². The molecule has 9 heteroatoms. The maximum absolute atomic E-state index is 13.6. The van der Waals surface area contributed by atoms with Gasteiger partial charge >= 0.3 is 12.8 Å². The summed E-state index contributed by atoms with van der Waals surface area (Å²) in [5, 5.41) is 0. The second kappa shape index (κ2) is 14.5. The topological polar surface area (TPSA) is 30.3 Å². The highest BCUT2D eigenvalue weighted by atomic mass is 19.4. The molecule has 0 unspecified atom stereocenters. The summed E-state index contributed by atoms with van der Waals surface area (Å²) in [6.07, 6.45) is -2.62. The van der Waals surface area contributed by atoms with Crippen LogP contribution in [0.1, 0.15) is 42.1 Å². The van der Waals surface area contributed by atoms with E-state index >= 15 is 0 Å². The predicted octanol–water partition coefficient (Wildman–Crippen LogP) is 9.84. The van der Waals surface area contributed by atoms with Crippen molar-refractivity contribution in [2.24, 2.45) is 0 Å². The molecule has 234 valence electrons. The third kappa shape index (κ3) is 8.36. The number of unbranched alkanes of at least 4 members (excludes halogenated alkanes) is 1. The van der Waals surface area contributed by atoms with E-state index in [0.717, 1.165) is 53.3 Å². The highest BCUT2D eigenvalue weighted by molar-refractivity contribution is 5.68. The summed E-state index contributed by atoms with van der Waals surface area (Å²) >= 11 is 0. The van der Waals surface area contributed by atoms with Crippen molar-refractivity contribution in [3.63, 3.8) is 0 Å². The Morgan fingerprint density at radius 3 is 2.00 bits per heavy atom. The number of alkyl halides is 5. The largest absolute Gasteiger partial charge is 0.435 e. The van der Waals surface area contributed by atoms with E-state index in [-0.39, 0.29) is 18.8 Å². The molecule has 0 spiro atoms. The van der Waals surface area contributed by atoms with E-state index in [1.54, 1.807) is 18.2 Å². The van der Waals surface area contributed by atoms with Crippen LogP contribution in [0.2, 0.25) is 0 Å². The van der Waals surface area contributed by atoms with Gasteiger partial charge in [0.15, 0.2) is 0 Å². The van der Waals surface area contributed by atoms with Crippen molar-refractivity contribution >= 4 is 0 Å². The number of hydrogen-bond acceptors (Lipinski definition) is 3. The Balaban J connectivity index is 1.61. The van der Waals surface area contributed by atoms with Gasteiger partial charge in [-0.15, -0.1) is 0 Å². The molecule has 0 aliphatic carbocycles. The van der Waals surface area contributed by atoms with Crippen LogP contribution < -0.4 is 4.74 Å². The number of ether oxygens (including phenoxy) is 1. The van der Waals surface area contributed by atoms with Gasteiger partial charge < -0.3 is 9.30 Å². The zero-order chi connectivity index (χ0) is 31.8. The summed E-state index contributed by atoms with van der Waals surface area (Å²) in [5.41, 5.74) is 4.02. The van der Waals surface area contributed by atoms with E-state index in [4.69, 9.17) is 4.98 Å². The van der Waals surface area contributed by atoms with Gasteiger partial charge in [-0.2, -0.15) is 22.0 Å². The molecular weight excluding hydrogens is 585 g/mol. The summed E-state index contributed by atoms with van der Waals surface area (Å²) in [7, 11) is 0. The molecule has 4 nitrogen and oxygen atoms in total. The molecule has 0 amide bonds. The lowest BCUT2D eigenvalue weighted by atomic mass is 10.1. The standard InChI is InChI=1S/C36H34F5N3O/c1-2-3-20-44-32(33(28-14-6-4-7-15-28)42-34(44)29-16-8-5-9-17-29)25-43(23-26-12-10-18-30(21-26)36(39,40)41)24-27-13-11-19-31(22-27)45-35(37)38/h4-19,21-22,35H,2-3,20,23-25H2,1H3. The molecule has 1 heterocycles. The molecule has 0 aliphatic heterocycles. The summed E-state index contributed by atoms with van der Waals surface area (Å²) in [6, 6.07) is 31.4. The van der Waals surface area contributed by atoms with Gasteiger partial charge in [0, 0.05) is 37.3 Å². The van der Waals surface area contributed by atoms with Crippen molar-refractivity contribution < 1.29 is 26.7 Å². The molecule has 0 saturated heterocycles. The van der Waals surface area contributed by atoms with Crippen molar-refractivity contribution in [1.29, 1.82) is 0 Å². The number of aromatic nitrogens is 2. The van der Waals surface area contributed by atoms with Gasteiger partial charge in [-0.05, 0) is 35.7 Å². The summed E-state index contributed by atoms with van der Waals surface area (Å²) < 4.78 is 73.7. The maximum Gasteiger partial charge on any atom is 0.416 e. The first-order valence-corrected chi connectivity index (χ1v) is 14.8. The number of rotatable bonds is 13. The minimum absolute atomic E-state index is 0.0193. The molecule has 5 aromatic rings. The lowest BCUT2D eigenvalue weighted by Crippen LogP contribution is -2.25. The van der Waals surface area contributed by atoms with E-state index < -0.39 is 18.4 Å². The van der Waals surface area contributed by atoms with Crippen LogP contribution in [0.5, 0.6) is 5.75 Å². The second-order valence-corrected chi connectivity index (χ2v) is 10.8. The van der Waals surface area contributed by atoms with Crippen molar-refractivity contribution in [3.05, 3.63) is 132 Å². The van der Waals surface area contributed by atoms with Crippen LogP contribution in [0.15, 0.2) is 109 Å². The Morgan fingerprint density at radius 1 is 0.756 bits per heavy atom. The van der Waals surface area contributed by atoms with Crippen LogP contribution >= 0.6 is 0 Å². The van der Waals surface area contributed by atoms with E-state index in [1.165, 1.54) is 18.2 Å². The van der Waals surface area contributed by atoms with Crippen LogP contribution in [-0.4, -0.2) is 21.1 Å². The van der Waals surface area contributed by atoms with Crippen molar-refractivity contribution in [2.45, 2.75) is 58.7 Å². The van der Waals surface area contributed by atoms with Crippen LogP contribution in [0.25, 0.3) is 22.6 Å². The van der Waals surface area contributed by atoms with E-state index in [2.05, 4.69) is 16.2 Å². The SMILES string of the molecule is CCCCn1c(-c2ccccc2)nc(-c2ccccc2)c1CN(Cc1cccc(OC(F)F)c1)Cc1cccc(C(F)(F)F)c1.